The minimum Gasteiger partial charge on any atom is -0.383 e. The van der Waals surface area contributed by atoms with E-state index in [0.29, 0.717) is 24.1 Å². The van der Waals surface area contributed by atoms with Crippen LogP contribution in [0.4, 0.5) is 24.5 Å². The van der Waals surface area contributed by atoms with Gasteiger partial charge in [-0.2, -0.15) is 13.2 Å². The molecule has 0 atom stereocenters. The lowest BCUT2D eigenvalue weighted by atomic mass is 9.61. The van der Waals surface area contributed by atoms with Crippen LogP contribution in [-0.4, -0.2) is 45.5 Å². The van der Waals surface area contributed by atoms with Crippen LogP contribution in [0.1, 0.15) is 91.3 Å². The van der Waals surface area contributed by atoms with Crippen LogP contribution in [0.2, 0.25) is 0 Å². The highest BCUT2D eigenvalue weighted by atomic mass is 19.4. The number of fused-ring (bicyclic) bond motifs is 1. The number of rotatable bonds is 9. The number of ether oxygens (including phenoxy) is 1. The summed E-state index contributed by atoms with van der Waals surface area (Å²) in [7, 11) is 3.58. The third-order valence-corrected chi connectivity index (χ3v) is 9.45. The van der Waals surface area contributed by atoms with E-state index in [9.17, 15) is 18.0 Å². The first kappa shape index (κ1) is 29.6. The molecule has 2 heterocycles. The number of carbonyl (C=O) groups is 1. The molecule has 2 saturated carbocycles. The van der Waals surface area contributed by atoms with Gasteiger partial charge in [0.2, 0.25) is 0 Å². The molecular weight excluding hydrogens is 557 g/mol. The number of nitrogens with one attached hydrogen (secondary N) is 2. The Labute approximate surface area is 250 Å². The quantitative estimate of drug-likeness (QED) is 0.318. The highest BCUT2D eigenvalue weighted by molar-refractivity contribution is 6.10. The van der Waals surface area contributed by atoms with Gasteiger partial charge in [-0.15, -0.1) is 10.2 Å². The Kier molecular flexibility index (Phi) is 7.32. The number of anilines is 2. The minimum atomic E-state index is -4.58. The second-order valence-corrected chi connectivity index (χ2v) is 13.0. The number of aryl methyl sites for hydroxylation is 1. The second kappa shape index (κ2) is 10.6. The Morgan fingerprint density at radius 2 is 1.88 bits per heavy atom. The number of aromatic nitrogens is 3. The zero-order valence-corrected chi connectivity index (χ0v) is 25.3. The van der Waals surface area contributed by atoms with E-state index >= 15 is 0 Å². The third kappa shape index (κ3) is 5.31. The first-order chi connectivity index (χ1) is 20.3. The van der Waals surface area contributed by atoms with E-state index in [1.165, 1.54) is 11.0 Å². The Bertz CT molecular complexity index is 1540. The average molecular weight is 597 g/mol. The summed E-state index contributed by atoms with van der Waals surface area (Å²) in [6, 6.07) is 8.74. The molecule has 43 heavy (non-hydrogen) atoms. The van der Waals surface area contributed by atoms with Crippen LogP contribution in [0.15, 0.2) is 36.7 Å². The van der Waals surface area contributed by atoms with Gasteiger partial charge < -0.3 is 24.8 Å². The van der Waals surface area contributed by atoms with E-state index < -0.39 is 23.1 Å². The lowest BCUT2D eigenvalue weighted by molar-refractivity contribution is -0.138. The van der Waals surface area contributed by atoms with E-state index in [-0.39, 0.29) is 41.9 Å². The fraction of sp³-hybridized carbons (Fsp3) is 0.531. The van der Waals surface area contributed by atoms with Gasteiger partial charge in [0.15, 0.2) is 0 Å². The number of benzene rings is 2. The van der Waals surface area contributed by atoms with Gasteiger partial charge >= 0.3 is 6.18 Å². The molecule has 0 radical (unpaired) electrons. The Morgan fingerprint density at radius 3 is 2.47 bits per heavy atom. The molecule has 1 aliphatic heterocycles. The van der Waals surface area contributed by atoms with Gasteiger partial charge in [0.05, 0.1) is 23.6 Å². The van der Waals surface area contributed by atoms with Crippen molar-refractivity contribution < 1.29 is 22.7 Å². The number of methoxy groups -OCH3 is 1. The molecule has 3 aliphatic rings. The highest BCUT2D eigenvalue weighted by Crippen LogP contribution is 2.51. The third-order valence-electron chi connectivity index (χ3n) is 9.45. The Morgan fingerprint density at radius 1 is 1.14 bits per heavy atom. The molecule has 3 aromatic rings. The first-order valence-electron chi connectivity index (χ1n) is 14.9. The summed E-state index contributed by atoms with van der Waals surface area (Å²) < 4.78 is 50.7. The molecule has 0 bridgehead atoms. The summed E-state index contributed by atoms with van der Waals surface area (Å²) in [4.78, 5) is 15.4. The molecule has 2 fully saturated rings. The van der Waals surface area contributed by atoms with Crippen LogP contribution < -0.4 is 15.5 Å². The predicted octanol–water partition coefficient (Wildman–Crippen LogP) is 5.94. The maximum absolute atomic E-state index is 14.4. The summed E-state index contributed by atoms with van der Waals surface area (Å²) >= 11 is 0. The largest absolute Gasteiger partial charge is 0.416 e. The normalized spacial score (nSPS) is 22.9. The number of alkyl halides is 3. The predicted molar refractivity (Wildman–Crippen MR) is 158 cm³/mol. The maximum Gasteiger partial charge on any atom is 0.416 e. The average Bonchev–Trinajstić information content (AvgIpc) is 3.47. The van der Waals surface area contributed by atoms with Gasteiger partial charge in [0, 0.05) is 49.2 Å². The van der Waals surface area contributed by atoms with Gasteiger partial charge in [0.1, 0.15) is 12.2 Å². The molecule has 6 rings (SSSR count). The molecule has 230 valence electrons. The van der Waals surface area contributed by atoms with Crippen molar-refractivity contribution in [2.24, 2.45) is 7.05 Å². The van der Waals surface area contributed by atoms with E-state index in [1.807, 2.05) is 43.7 Å². The Balaban J connectivity index is 1.41. The van der Waals surface area contributed by atoms with Crippen molar-refractivity contribution in [1.29, 1.82) is 0 Å². The van der Waals surface area contributed by atoms with Gasteiger partial charge in [-0.05, 0) is 99.9 Å². The van der Waals surface area contributed by atoms with Crippen molar-refractivity contribution in [2.75, 3.05) is 17.3 Å². The fourth-order valence-electron chi connectivity index (χ4n) is 6.84. The Hall–Kier alpha value is -3.44. The van der Waals surface area contributed by atoms with Crippen molar-refractivity contribution >= 4 is 17.3 Å². The molecule has 2 N–H and O–H groups in total. The smallest absolute Gasteiger partial charge is 0.383 e. The van der Waals surface area contributed by atoms with Gasteiger partial charge in [-0.25, -0.2) is 0 Å². The molecule has 0 spiro atoms. The van der Waals surface area contributed by atoms with Crippen molar-refractivity contribution in [3.05, 3.63) is 70.3 Å². The zero-order valence-electron chi connectivity index (χ0n) is 25.3. The number of hydrogen-bond donors (Lipinski definition) is 2. The number of hydrogen-bond acceptors (Lipinski definition) is 6. The summed E-state index contributed by atoms with van der Waals surface area (Å²) in [6.07, 6.45) is 1.52. The van der Waals surface area contributed by atoms with Gasteiger partial charge in [0.25, 0.3) is 5.91 Å². The molecule has 11 heteroatoms. The standard InChI is InChI=1S/C32H39F3N6O2/c1-19(2)38-22-11-21(31(14-24(15-31)43-5)29-39-37-18-40(29)4)12-23(13-22)41-17-26-25(28(41)42)9-20(10-27(26)32(33,34)35)16-36-30(3)7-6-8-30/h9-13,18-19,24,36,38H,6-8,14-17H2,1-5H3/t24-,31+. The van der Waals surface area contributed by atoms with Crippen molar-refractivity contribution in [1.82, 2.24) is 20.1 Å². The lowest BCUT2D eigenvalue weighted by Gasteiger charge is -2.46. The van der Waals surface area contributed by atoms with Crippen molar-refractivity contribution in [3.63, 3.8) is 0 Å². The second-order valence-electron chi connectivity index (χ2n) is 13.0. The number of carbonyl (C=O) groups excluding carboxylic acids is 1. The highest BCUT2D eigenvalue weighted by Gasteiger charge is 2.51. The van der Waals surface area contributed by atoms with E-state index in [4.69, 9.17) is 4.74 Å². The summed E-state index contributed by atoms with van der Waals surface area (Å²) in [6.45, 7) is 6.24. The van der Waals surface area contributed by atoms with Crippen LogP contribution in [0, 0.1) is 0 Å². The molecular formula is C32H39F3N6O2. The number of nitrogens with zero attached hydrogens (tertiary/aromatic N) is 4. The molecule has 1 amide bonds. The molecule has 0 saturated heterocycles. The van der Waals surface area contributed by atoms with Crippen LogP contribution in [0.25, 0.3) is 0 Å². The SMILES string of the molecule is CO[C@H]1C[C@@](c2cc(NC(C)C)cc(N3Cc4c(cc(CNC5(C)CCC5)cc4C(F)(F)F)C3=O)c2)(c2nncn2C)C1. The number of amides is 1. The van der Waals surface area contributed by atoms with Crippen LogP contribution >= 0.6 is 0 Å². The van der Waals surface area contributed by atoms with E-state index in [2.05, 4.69) is 27.8 Å². The van der Waals surface area contributed by atoms with Crippen molar-refractivity contribution in [2.45, 2.75) is 95.2 Å². The lowest BCUT2D eigenvalue weighted by Crippen LogP contribution is -2.48. The summed E-state index contributed by atoms with van der Waals surface area (Å²) in [5.41, 5.74) is 1.50. The van der Waals surface area contributed by atoms with Gasteiger partial charge in [-0.1, -0.05) is 0 Å². The van der Waals surface area contributed by atoms with Crippen molar-refractivity contribution in [3.8, 4) is 0 Å². The van der Waals surface area contributed by atoms with Crippen LogP contribution in [0.5, 0.6) is 0 Å². The summed E-state index contributed by atoms with van der Waals surface area (Å²) in [5.74, 6) is 0.349. The topological polar surface area (TPSA) is 84.3 Å². The monoisotopic (exact) mass is 596 g/mol. The molecule has 2 aromatic carbocycles. The first-order valence-corrected chi connectivity index (χ1v) is 14.9. The van der Waals surface area contributed by atoms with E-state index in [0.717, 1.165) is 36.3 Å². The van der Waals surface area contributed by atoms with Crippen LogP contribution in [-0.2, 0) is 36.5 Å². The molecule has 2 aliphatic carbocycles. The van der Waals surface area contributed by atoms with E-state index in [1.54, 1.807) is 19.5 Å². The van der Waals surface area contributed by atoms with Crippen LogP contribution in [0.3, 0.4) is 0 Å². The molecule has 0 unspecified atom stereocenters. The molecule has 8 nitrogen and oxygen atoms in total. The molecule has 1 aromatic heterocycles. The maximum atomic E-state index is 14.4. The fourth-order valence-corrected chi connectivity index (χ4v) is 6.84. The number of halogens is 3. The van der Waals surface area contributed by atoms with Gasteiger partial charge in [-0.3, -0.25) is 4.79 Å². The minimum absolute atomic E-state index is 0.0194. The zero-order chi connectivity index (χ0) is 30.7. The summed E-state index contributed by atoms with van der Waals surface area (Å²) in [5, 5.41) is 15.4.